The van der Waals surface area contributed by atoms with E-state index in [-0.39, 0.29) is 11.8 Å². The highest BCUT2D eigenvalue weighted by molar-refractivity contribution is 5.97. The van der Waals surface area contributed by atoms with Crippen molar-refractivity contribution in [3.05, 3.63) is 60.3 Å². The first-order chi connectivity index (χ1) is 16.7. The van der Waals surface area contributed by atoms with E-state index in [4.69, 9.17) is 4.74 Å². The summed E-state index contributed by atoms with van der Waals surface area (Å²) in [7, 11) is 0. The fourth-order valence-electron chi connectivity index (χ4n) is 4.99. The lowest BCUT2D eigenvalue weighted by molar-refractivity contribution is -0.128. The second-order valence-corrected chi connectivity index (χ2v) is 9.19. The molecule has 1 aromatic carbocycles. The van der Waals surface area contributed by atoms with E-state index < -0.39 is 0 Å². The number of aromatic nitrogens is 3. The van der Waals surface area contributed by atoms with Crippen molar-refractivity contribution in [3.63, 3.8) is 0 Å². The Labute approximate surface area is 199 Å². The molecule has 1 atom stereocenters. The van der Waals surface area contributed by atoms with Crippen LogP contribution >= 0.6 is 0 Å². The van der Waals surface area contributed by atoms with Gasteiger partial charge in [-0.15, -0.1) is 0 Å². The number of carbonyl (C=O) groups excluding carboxylic acids is 2. The smallest absolute Gasteiger partial charge is 0.257 e. The fraction of sp³-hybridized carbons (Fsp3) is 0.462. The molecule has 8 heteroatoms. The Bertz CT molecular complexity index is 1160. The predicted molar refractivity (Wildman–Crippen MR) is 128 cm³/mol. The number of fused-ring (bicyclic) bond motifs is 1. The van der Waals surface area contributed by atoms with Gasteiger partial charge in [-0.25, -0.2) is 4.98 Å². The average Bonchev–Trinajstić information content (AvgIpc) is 3.42. The number of likely N-dealkylation sites (tertiary alicyclic amines) is 2. The summed E-state index contributed by atoms with van der Waals surface area (Å²) in [5.74, 6) is 1.30. The first-order valence-corrected chi connectivity index (χ1v) is 12.2. The Morgan fingerprint density at radius 1 is 1.09 bits per heavy atom. The summed E-state index contributed by atoms with van der Waals surface area (Å²) in [6.45, 7) is 3.23. The molecule has 2 saturated heterocycles. The Morgan fingerprint density at radius 2 is 2.00 bits per heavy atom. The number of nitrogens with zero attached hydrogens (tertiary/aromatic N) is 5. The van der Waals surface area contributed by atoms with E-state index in [1.807, 2.05) is 50.9 Å². The predicted octanol–water partition coefficient (Wildman–Crippen LogP) is 3.22. The van der Waals surface area contributed by atoms with Gasteiger partial charge in [0, 0.05) is 44.6 Å². The minimum atomic E-state index is 0.0199. The lowest BCUT2D eigenvalue weighted by atomic mass is 9.95. The number of amides is 2. The van der Waals surface area contributed by atoms with Gasteiger partial charge in [0.15, 0.2) is 5.65 Å². The summed E-state index contributed by atoms with van der Waals surface area (Å²) < 4.78 is 7.97. The number of carbonyl (C=O) groups is 2. The van der Waals surface area contributed by atoms with Crippen LogP contribution in [0.25, 0.3) is 5.65 Å². The number of ether oxygens (including phenoxy) is 1. The molecule has 0 aliphatic carbocycles. The zero-order chi connectivity index (χ0) is 23.3. The Hall–Kier alpha value is -3.42. The number of para-hydroxylation sites is 1. The lowest BCUT2D eigenvalue weighted by Crippen LogP contribution is -2.33. The van der Waals surface area contributed by atoms with E-state index in [0.29, 0.717) is 36.8 Å². The fourth-order valence-corrected chi connectivity index (χ4v) is 4.99. The van der Waals surface area contributed by atoms with E-state index in [0.717, 1.165) is 63.1 Å². The van der Waals surface area contributed by atoms with Gasteiger partial charge in [-0.1, -0.05) is 12.1 Å². The highest BCUT2D eigenvalue weighted by Crippen LogP contribution is 2.25. The maximum atomic E-state index is 13.4. The van der Waals surface area contributed by atoms with Crippen LogP contribution in [-0.4, -0.2) is 68.8 Å². The monoisotopic (exact) mass is 461 g/mol. The standard InChI is InChI=1S/C26H31N5O3/c32-25-8-4-11-29(25)15-16-34-23-7-2-1-6-22(23)26(33)30-12-3-5-20(9-13-30)17-21-19-31-14-10-27-24(31)18-28-21/h1-2,6-7,10,14,18-20H,3-5,8-9,11-13,15-17H2/t20-/m1/s1. The molecule has 0 radical (unpaired) electrons. The van der Waals surface area contributed by atoms with Crippen LogP contribution in [0, 0.1) is 5.92 Å². The molecular weight excluding hydrogens is 430 g/mol. The van der Waals surface area contributed by atoms with Gasteiger partial charge in [-0.2, -0.15) is 0 Å². The molecule has 5 rings (SSSR count). The Morgan fingerprint density at radius 3 is 2.88 bits per heavy atom. The summed E-state index contributed by atoms with van der Waals surface area (Å²) in [5.41, 5.74) is 2.51. The topological polar surface area (TPSA) is 80.0 Å². The van der Waals surface area contributed by atoms with E-state index >= 15 is 0 Å². The second-order valence-electron chi connectivity index (χ2n) is 9.19. The van der Waals surface area contributed by atoms with Gasteiger partial charge in [-0.3, -0.25) is 14.6 Å². The largest absolute Gasteiger partial charge is 0.491 e. The summed E-state index contributed by atoms with van der Waals surface area (Å²) in [4.78, 5) is 37.8. The van der Waals surface area contributed by atoms with Gasteiger partial charge >= 0.3 is 0 Å². The second kappa shape index (κ2) is 10.2. The molecule has 2 aliphatic heterocycles. The van der Waals surface area contributed by atoms with Crippen molar-refractivity contribution in [2.45, 2.75) is 38.5 Å². The van der Waals surface area contributed by atoms with Crippen LogP contribution < -0.4 is 4.74 Å². The number of hydrogen-bond donors (Lipinski definition) is 0. The van der Waals surface area contributed by atoms with E-state index in [9.17, 15) is 9.59 Å². The summed E-state index contributed by atoms with van der Waals surface area (Å²) in [6.07, 6.45) is 13.1. The minimum absolute atomic E-state index is 0.0199. The maximum absolute atomic E-state index is 13.4. The van der Waals surface area contributed by atoms with Crippen molar-refractivity contribution in [1.82, 2.24) is 24.2 Å². The van der Waals surface area contributed by atoms with E-state index in [1.165, 1.54) is 0 Å². The Balaban J connectivity index is 1.18. The highest BCUT2D eigenvalue weighted by atomic mass is 16.5. The van der Waals surface area contributed by atoms with Crippen LogP contribution in [0.5, 0.6) is 5.75 Å². The maximum Gasteiger partial charge on any atom is 0.257 e. The normalized spacial score (nSPS) is 18.9. The minimum Gasteiger partial charge on any atom is -0.491 e. The van der Waals surface area contributed by atoms with Gasteiger partial charge < -0.3 is 18.9 Å². The zero-order valence-electron chi connectivity index (χ0n) is 19.4. The van der Waals surface area contributed by atoms with Crippen LogP contribution in [-0.2, 0) is 11.2 Å². The summed E-state index contributed by atoms with van der Waals surface area (Å²) in [6, 6.07) is 7.45. The summed E-state index contributed by atoms with van der Waals surface area (Å²) >= 11 is 0. The van der Waals surface area contributed by atoms with Gasteiger partial charge in [0.05, 0.1) is 24.0 Å². The zero-order valence-corrected chi connectivity index (χ0v) is 19.4. The van der Waals surface area contributed by atoms with E-state index in [2.05, 4.69) is 16.2 Å². The molecule has 2 amide bonds. The third-order valence-electron chi connectivity index (χ3n) is 6.87. The van der Waals surface area contributed by atoms with Crippen LogP contribution in [0.3, 0.4) is 0 Å². The molecule has 2 fully saturated rings. The molecule has 178 valence electrons. The molecule has 2 aliphatic rings. The average molecular weight is 462 g/mol. The first-order valence-electron chi connectivity index (χ1n) is 12.2. The van der Waals surface area contributed by atoms with Crippen LogP contribution in [0.2, 0.25) is 0 Å². The molecule has 0 saturated carbocycles. The number of hydrogen-bond acceptors (Lipinski definition) is 5. The first kappa shape index (κ1) is 22.4. The molecule has 3 aromatic rings. The van der Waals surface area contributed by atoms with Crippen LogP contribution in [0.1, 0.15) is 48.2 Å². The van der Waals surface area contributed by atoms with Gasteiger partial charge in [0.25, 0.3) is 5.91 Å². The summed E-state index contributed by atoms with van der Waals surface area (Å²) in [5, 5.41) is 0. The van der Waals surface area contributed by atoms with E-state index in [1.54, 1.807) is 6.20 Å². The van der Waals surface area contributed by atoms with Gasteiger partial charge in [0.1, 0.15) is 12.4 Å². The van der Waals surface area contributed by atoms with Crippen molar-refractivity contribution in [3.8, 4) is 5.75 Å². The third kappa shape index (κ3) is 5.05. The molecule has 0 spiro atoms. The quantitative estimate of drug-likeness (QED) is 0.540. The highest BCUT2D eigenvalue weighted by Gasteiger charge is 2.25. The van der Waals surface area contributed by atoms with Crippen LogP contribution in [0.15, 0.2) is 49.1 Å². The molecule has 0 bridgehead atoms. The molecule has 4 heterocycles. The van der Waals surface area contributed by atoms with Gasteiger partial charge in [-0.05, 0) is 50.2 Å². The van der Waals surface area contributed by atoms with Crippen molar-refractivity contribution in [2.75, 3.05) is 32.8 Å². The van der Waals surface area contributed by atoms with Gasteiger partial charge in [0.2, 0.25) is 5.91 Å². The SMILES string of the molecule is O=C1CCCN1CCOc1ccccc1C(=O)N1CCC[C@@H](Cc2cn3ccnc3cn2)CC1. The van der Waals surface area contributed by atoms with Crippen molar-refractivity contribution < 1.29 is 14.3 Å². The van der Waals surface area contributed by atoms with Crippen molar-refractivity contribution in [1.29, 1.82) is 0 Å². The Kier molecular flexibility index (Phi) is 6.74. The number of imidazole rings is 1. The molecular formula is C26H31N5O3. The molecule has 34 heavy (non-hydrogen) atoms. The van der Waals surface area contributed by atoms with Crippen molar-refractivity contribution in [2.24, 2.45) is 5.92 Å². The molecule has 2 aromatic heterocycles. The molecule has 8 nitrogen and oxygen atoms in total. The van der Waals surface area contributed by atoms with Crippen LogP contribution in [0.4, 0.5) is 0 Å². The third-order valence-corrected chi connectivity index (χ3v) is 6.87. The number of benzene rings is 1. The molecule has 0 N–H and O–H groups in total. The molecule has 0 unspecified atom stereocenters. The lowest BCUT2D eigenvalue weighted by Gasteiger charge is -2.22. The number of rotatable bonds is 7. The van der Waals surface area contributed by atoms with Crippen molar-refractivity contribution >= 4 is 17.5 Å².